The summed E-state index contributed by atoms with van der Waals surface area (Å²) in [4.78, 5) is 9.41. The fraction of sp³-hybridized carbons (Fsp3) is 0.450. The number of hydrogen-bond acceptors (Lipinski definition) is 3. The zero-order chi connectivity index (χ0) is 16.5. The number of nitrogens with zero attached hydrogens (tertiary/aromatic N) is 4. The van der Waals surface area contributed by atoms with Crippen molar-refractivity contribution in [1.82, 2.24) is 19.7 Å². The van der Waals surface area contributed by atoms with Gasteiger partial charge in [-0.05, 0) is 49.9 Å². The Morgan fingerprint density at radius 1 is 1.08 bits per heavy atom. The maximum atomic E-state index is 5.02. The first kappa shape index (κ1) is 15.3. The first-order valence-electron chi connectivity index (χ1n) is 9.04. The van der Waals surface area contributed by atoms with Crippen molar-refractivity contribution in [2.45, 2.75) is 58.4 Å². The minimum absolute atomic E-state index is 0.583. The van der Waals surface area contributed by atoms with Gasteiger partial charge in [0.05, 0.1) is 6.20 Å². The number of aromatic nitrogens is 4. The summed E-state index contributed by atoms with van der Waals surface area (Å²) in [6, 6.07) is 4.49. The molecule has 1 fully saturated rings. The Bertz CT molecular complexity index is 859. The van der Waals surface area contributed by atoms with Crippen LogP contribution in [0.1, 0.15) is 56.2 Å². The summed E-state index contributed by atoms with van der Waals surface area (Å²) in [5.74, 6) is 0.583. The quantitative estimate of drug-likeness (QED) is 0.691. The Kier molecular flexibility index (Phi) is 4.05. The van der Waals surface area contributed by atoms with Crippen LogP contribution in [-0.2, 0) is 6.54 Å². The molecule has 1 aliphatic carbocycles. The molecule has 0 aliphatic heterocycles. The van der Waals surface area contributed by atoms with Crippen LogP contribution < -0.4 is 0 Å². The van der Waals surface area contributed by atoms with E-state index in [1.54, 1.807) is 0 Å². The second-order valence-electron chi connectivity index (χ2n) is 6.88. The van der Waals surface area contributed by atoms with Gasteiger partial charge in [-0.25, -0.2) is 9.67 Å². The van der Waals surface area contributed by atoms with Crippen LogP contribution in [-0.4, -0.2) is 19.7 Å². The maximum absolute atomic E-state index is 5.02. The van der Waals surface area contributed by atoms with Crippen molar-refractivity contribution < 1.29 is 0 Å². The molecule has 0 radical (unpaired) electrons. The van der Waals surface area contributed by atoms with E-state index in [1.165, 1.54) is 48.9 Å². The lowest BCUT2D eigenvalue weighted by Crippen LogP contribution is -2.08. The summed E-state index contributed by atoms with van der Waals surface area (Å²) in [6.07, 6.45) is 12.3. The van der Waals surface area contributed by atoms with E-state index in [9.17, 15) is 0 Å². The minimum Gasteiger partial charge on any atom is -0.264 e. The van der Waals surface area contributed by atoms with Crippen LogP contribution in [0.25, 0.3) is 22.2 Å². The number of fused-ring (bicyclic) bond motifs is 1. The van der Waals surface area contributed by atoms with Gasteiger partial charge in [0.2, 0.25) is 0 Å². The van der Waals surface area contributed by atoms with Gasteiger partial charge in [-0.2, -0.15) is 5.10 Å². The molecule has 0 atom stereocenters. The topological polar surface area (TPSA) is 43.6 Å². The highest BCUT2D eigenvalue weighted by Crippen LogP contribution is 2.36. The molecular weight excluding hydrogens is 296 g/mol. The highest BCUT2D eigenvalue weighted by atomic mass is 15.3. The van der Waals surface area contributed by atoms with Gasteiger partial charge in [-0.3, -0.25) is 4.98 Å². The van der Waals surface area contributed by atoms with E-state index in [4.69, 9.17) is 4.98 Å². The van der Waals surface area contributed by atoms with Crippen LogP contribution in [0.15, 0.2) is 30.7 Å². The zero-order valence-electron chi connectivity index (χ0n) is 14.5. The summed E-state index contributed by atoms with van der Waals surface area (Å²) in [7, 11) is 0. The van der Waals surface area contributed by atoms with Crippen molar-refractivity contribution >= 4 is 11.0 Å². The van der Waals surface area contributed by atoms with Crippen LogP contribution in [0.2, 0.25) is 0 Å². The van der Waals surface area contributed by atoms with Crippen molar-refractivity contribution in [3.8, 4) is 11.1 Å². The second-order valence-corrected chi connectivity index (χ2v) is 6.88. The van der Waals surface area contributed by atoms with Gasteiger partial charge in [0.1, 0.15) is 0 Å². The summed E-state index contributed by atoms with van der Waals surface area (Å²) in [5.41, 5.74) is 5.80. The molecule has 3 heterocycles. The van der Waals surface area contributed by atoms with Crippen molar-refractivity contribution in [1.29, 1.82) is 0 Å². The van der Waals surface area contributed by atoms with Crippen molar-refractivity contribution in [3.05, 3.63) is 42.0 Å². The van der Waals surface area contributed by atoms with Gasteiger partial charge < -0.3 is 0 Å². The summed E-state index contributed by atoms with van der Waals surface area (Å²) in [6.45, 7) is 5.05. The Morgan fingerprint density at radius 2 is 1.92 bits per heavy atom. The van der Waals surface area contributed by atoms with Gasteiger partial charge in [0.15, 0.2) is 5.65 Å². The summed E-state index contributed by atoms with van der Waals surface area (Å²) >= 11 is 0. The second kappa shape index (κ2) is 6.34. The Morgan fingerprint density at radius 3 is 2.67 bits per heavy atom. The molecule has 124 valence electrons. The van der Waals surface area contributed by atoms with Gasteiger partial charge in [-0.1, -0.05) is 19.3 Å². The molecule has 1 saturated carbocycles. The van der Waals surface area contributed by atoms with Crippen molar-refractivity contribution in [2.75, 3.05) is 0 Å². The van der Waals surface area contributed by atoms with Crippen LogP contribution >= 0.6 is 0 Å². The molecule has 3 aromatic rings. The maximum Gasteiger partial charge on any atom is 0.158 e. The van der Waals surface area contributed by atoms with Crippen molar-refractivity contribution in [3.63, 3.8) is 0 Å². The lowest BCUT2D eigenvalue weighted by molar-refractivity contribution is 0.437. The number of pyridine rings is 2. The molecule has 4 heteroatoms. The lowest BCUT2D eigenvalue weighted by Gasteiger charge is -2.22. The number of rotatable bonds is 3. The molecule has 0 spiro atoms. The molecule has 0 N–H and O–H groups in total. The van der Waals surface area contributed by atoms with Gasteiger partial charge in [0, 0.05) is 41.5 Å². The molecular formula is C20H24N4. The third-order valence-electron chi connectivity index (χ3n) is 5.14. The highest BCUT2D eigenvalue weighted by molar-refractivity contribution is 5.92. The third kappa shape index (κ3) is 2.70. The van der Waals surface area contributed by atoms with E-state index in [1.807, 2.05) is 23.3 Å². The third-order valence-corrected chi connectivity index (χ3v) is 5.14. The molecule has 4 nitrogen and oxygen atoms in total. The fourth-order valence-electron chi connectivity index (χ4n) is 3.85. The Labute approximate surface area is 142 Å². The monoisotopic (exact) mass is 320 g/mol. The van der Waals surface area contributed by atoms with E-state index >= 15 is 0 Å². The van der Waals surface area contributed by atoms with E-state index < -0.39 is 0 Å². The van der Waals surface area contributed by atoms with Gasteiger partial charge >= 0.3 is 0 Å². The zero-order valence-corrected chi connectivity index (χ0v) is 14.5. The predicted molar refractivity (Wildman–Crippen MR) is 97.0 cm³/mol. The normalized spacial score (nSPS) is 15.9. The Balaban J connectivity index is 1.91. The summed E-state index contributed by atoms with van der Waals surface area (Å²) in [5, 5.41) is 5.67. The largest absolute Gasteiger partial charge is 0.264 e. The SMILES string of the molecule is CCn1ncc2c(-c3cncc(C)c3)cc(C3CCCCC3)nc21. The average Bonchev–Trinajstić information content (AvgIpc) is 3.04. The minimum atomic E-state index is 0.583. The molecule has 24 heavy (non-hydrogen) atoms. The van der Waals surface area contributed by atoms with Gasteiger partial charge in [-0.15, -0.1) is 0 Å². The average molecular weight is 320 g/mol. The fourth-order valence-corrected chi connectivity index (χ4v) is 3.85. The lowest BCUT2D eigenvalue weighted by atomic mass is 9.85. The number of aryl methyl sites for hydroxylation is 2. The molecule has 0 unspecified atom stereocenters. The first-order valence-corrected chi connectivity index (χ1v) is 9.04. The molecule has 0 bridgehead atoms. The molecule has 0 aromatic carbocycles. The molecule has 4 rings (SSSR count). The van der Waals surface area contributed by atoms with Crippen LogP contribution in [0, 0.1) is 6.92 Å². The van der Waals surface area contributed by atoms with Crippen LogP contribution in [0.4, 0.5) is 0 Å². The Hall–Kier alpha value is -2.23. The standard InChI is InChI=1S/C20H24N4/c1-3-24-20-18(13-22-24)17(16-9-14(2)11-21-12-16)10-19(23-20)15-7-5-4-6-8-15/h9-13,15H,3-8H2,1-2H3. The molecule has 0 saturated heterocycles. The van der Waals surface area contributed by atoms with E-state index in [-0.39, 0.29) is 0 Å². The van der Waals surface area contributed by atoms with E-state index in [2.05, 4.69) is 36.1 Å². The predicted octanol–water partition coefficient (Wildman–Crippen LogP) is 4.87. The summed E-state index contributed by atoms with van der Waals surface area (Å²) < 4.78 is 2.01. The van der Waals surface area contributed by atoms with Crippen molar-refractivity contribution in [2.24, 2.45) is 0 Å². The molecule has 1 aliphatic rings. The number of hydrogen-bond donors (Lipinski definition) is 0. The highest BCUT2D eigenvalue weighted by Gasteiger charge is 2.20. The smallest absolute Gasteiger partial charge is 0.158 e. The van der Waals surface area contributed by atoms with E-state index in [0.29, 0.717) is 5.92 Å². The van der Waals surface area contributed by atoms with Crippen LogP contribution in [0.3, 0.4) is 0 Å². The molecule has 0 amide bonds. The van der Waals surface area contributed by atoms with Crippen LogP contribution in [0.5, 0.6) is 0 Å². The van der Waals surface area contributed by atoms with E-state index in [0.717, 1.165) is 23.1 Å². The van der Waals surface area contributed by atoms with Gasteiger partial charge in [0.25, 0.3) is 0 Å². The first-order chi connectivity index (χ1) is 11.8. The molecule has 3 aromatic heterocycles.